The molecule has 5 nitrogen and oxygen atoms in total. The van der Waals surface area contributed by atoms with Gasteiger partial charge in [0, 0.05) is 23.7 Å². The van der Waals surface area contributed by atoms with E-state index in [9.17, 15) is 0 Å². The van der Waals surface area contributed by atoms with E-state index in [0.29, 0.717) is 6.54 Å². The molecule has 3 rings (SSSR count). The fourth-order valence-electron chi connectivity index (χ4n) is 2.32. The van der Waals surface area contributed by atoms with Crippen molar-refractivity contribution in [1.82, 2.24) is 20.0 Å². The summed E-state index contributed by atoms with van der Waals surface area (Å²) in [5.41, 5.74) is 9.98. The van der Waals surface area contributed by atoms with Gasteiger partial charge in [0.25, 0.3) is 0 Å². The molecule has 114 valence electrons. The fraction of sp³-hybridized carbons (Fsp3) is 0.312. The smallest absolute Gasteiger partial charge is 0.212 e. The lowest BCUT2D eigenvalue weighted by atomic mass is 9.86. The van der Waals surface area contributed by atoms with Crippen molar-refractivity contribution in [3.8, 4) is 16.4 Å². The summed E-state index contributed by atoms with van der Waals surface area (Å²) in [6.45, 7) is 6.96. The predicted octanol–water partition coefficient (Wildman–Crippen LogP) is 3.15. The second kappa shape index (κ2) is 5.62. The van der Waals surface area contributed by atoms with Gasteiger partial charge in [0.2, 0.25) is 5.13 Å². The van der Waals surface area contributed by atoms with Gasteiger partial charge in [-0.25, -0.2) is 4.98 Å². The Balaban J connectivity index is 2.09. The molecule has 0 atom stereocenters. The standard InChI is InChI=1S/C16H19N5S/c1-16(2,3)12-6-4-11(5-7-12)14-13(10-17)19-20-21(14)15-18-8-9-22-15/h4-9H,10,17H2,1-3H3. The first-order valence-corrected chi connectivity index (χ1v) is 8.04. The molecule has 0 amide bonds. The lowest BCUT2D eigenvalue weighted by Gasteiger charge is -2.19. The fourth-order valence-corrected chi connectivity index (χ4v) is 2.91. The molecular weight excluding hydrogens is 294 g/mol. The van der Waals surface area contributed by atoms with E-state index in [0.717, 1.165) is 22.1 Å². The third-order valence-electron chi connectivity index (χ3n) is 3.56. The summed E-state index contributed by atoms with van der Waals surface area (Å²) >= 11 is 1.52. The highest BCUT2D eigenvalue weighted by atomic mass is 32.1. The van der Waals surface area contributed by atoms with E-state index < -0.39 is 0 Å². The van der Waals surface area contributed by atoms with E-state index in [1.165, 1.54) is 16.9 Å². The summed E-state index contributed by atoms with van der Waals surface area (Å²) in [5, 5.41) is 11.1. The molecule has 0 aliphatic rings. The Morgan fingerprint density at radius 2 is 1.91 bits per heavy atom. The lowest BCUT2D eigenvalue weighted by Crippen LogP contribution is -2.10. The van der Waals surface area contributed by atoms with Crippen molar-refractivity contribution in [3.63, 3.8) is 0 Å². The second-order valence-corrected chi connectivity index (χ2v) is 7.02. The maximum Gasteiger partial charge on any atom is 0.212 e. The summed E-state index contributed by atoms with van der Waals surface area (Å²) in [5.74, 6) is 0. The molecule has 0 spiro atoms. The van der Waals surface area contributed by atoms with Gasteiger partial charge in [0.1, 0.15) is 11.4 Å². The molecule has 0 fully saturated rings. The molecule has 0 bridgehead atoms. The largest absolute Gasteiger partial charge is 0.325 e. The van der Waals surface area contributed by atoms with Gasteiger partial charge in [-0.15, -0.1) is 16.4 Å². The number of nitrogens with two attached hydrogens (primary N) is 1. The van der Waals surface area contributed by atoms with Gasteiger partial charge in [-0.3, -0.25) is 0 Å². The van der Waals surface area contributed by atoms with Gasteiger partial charge in [0.15, 0.2) is 0 Å². The van der Waals surface area contributed by atoms with Crippen molar-refractivity contribution in [2.45, 2.75) is 32.7 Å². The van der Waals surface area contributed by atoms with Gasteiger partial charge in [0.05, 0.1) is 0 Å². The number of aromatic nitrogens is 4. The quantitative estimate of drug-likeness (QED) is 0.806. The minimum Gasteiger partial charge on any atom is -0.325 e. The van der Waals surface area contributed by atoms with Crippen LogP contribution in [0.3, 0.4) is 0 Å². The number of benzene rings is 1. The van der Waals surface area contributed by atoms with E-state index in [1.54, 1.807) is 10.9 Å². The van der Waals surface area contributed by atoms with Crippen molar-refractivity contribution in [1.29, 1.82) is 0 Å². The minimum absolute atomic E-state index is 0.128. The summed E-state index contributed by atoms with van der Waals surface area (Å²) in [6.07, 6.45) is 1.76. The normalized spacial score (nSPS) is 11.8. The Kier molecular flexibility index (Phi) is 3.80. The highest BCUT2D eigenvalue weighted by Crippen LogP contribution is 2.29. The first-order valence-electron chi connectivity index (χ1n) is 7.16. The number of hydrogen-bond donors (Lipinski definition) is 1. The number of rotatable bonds is 3. The SMILES string of the molecule is CC(C)(C)c1ccc(-c2c(CN)nnn2-c2nccs2)cc1. The molecule has 2 aromatic heterocycles. The Bertz CT molecular complexity index is 751. The van der Waals surface area contributed by atoms with Crippen LogP contribution in [0, 0.1) is 0 Å². The van der Waals surface area contributed by atoms with Crippen molar-refractivity contribution in [2.24, 2.45) is 5.73 Å². The first-order chi connectivity index (χ1) is 10.5. The third kappa shape index (κ3) is 2.67. The van der Waals surface area contributed by atoms with Crippen LogP contribution in [0.1, 0.15) is 32.0 Å². The Morgan fingerprint density at radius 1 is 1.18 bits per heavy atom. The second-order valence-electron chi connectivity index (χ2n) is 6.14. The minimum atomic E-state index is 0.128. The monoisotopic (exact) mass is 313 g/mol. The van der Waals surface area contributed by atoms with Gasteiger partial charge in [-0.1, -0.05) is 50.3 Å². The molecule has 1 aromatic carbocycles. The number of thiazole rings is 1. The maximum absolute atomic E-state index is 5.82. The van der Waals surface area contributed by atoms with Crippen LogP contribution >= 0.6 is 11.3 Å². The predicted molar refractivity (Wildman–Crippen MR) is 89.1 cm³/mol. The average Bonchev–Trinajstić information content (AvgIpc) is 3.15. The zero-order chi connectivity index (χ0) is 15.7. The average molecular weight is 313 g/mol. The summed E-state index contributed by atoms with van der Waals surface area (Å²) < 4.78 is 1.76. The van der Waals surface area contributed by atoms with Gasteiger partial charge in [-0.05, 0) is 11.0 Å². The van der Waals surface area contributed by atoms with Crippen LogP contribution in [0.2, 0.25) is 0 Å². The zero-order valence-electron chi connectivity index (χ0n) is 12.9. The molecule has 2 heterocycles. The highest BCUT2D eigenvalue weighted by Gasteiger charge is 2.18. The first kappa shape index (κ1) is 14.9. The van der Waals surface area contributed by atoms with Gasteiger partial charge >= 0.3 is 0 Å². The summed E-state index contributed by atoms with van der Waals surface area (Å²) in [4.78, 5) is 4.32. The van der Waals surface area contributed by atoms with E-state index in [2.05, 4.69) is 60.3 Å². The van der Waals surface area contributed by atoms with Crippen LogP contribution in [-0.4, -0.2) is 20.0 Å². The molecule has 0 radical (unpaired) electrons. The maximum atomic E-state index is 5.82. The van der Waals surface area contributed by atoms with E-state index in [4.69, 9.17) is 5.73 Å². The number of nitrogens with zero attached hydrogens (tertiary/aromatic N) is 4. The van der Waals surface area contributed by atoms with E-state index >= 15 is 0 Å². The van der Waals surface area contributed by atoms with Gasteiger partial charge in [-0.2, -0.15) is 4.68 Å². The zero-order valence-corrected chi connectivity index (χ0v) is 13.8. The van der Waals surface area contributed by atoms with Crippen molar-refractivity contribution >= 4 is 11.3 Å². The Labute approximate surface area is 133 Å². The van der Waals surface area contributed by atoms with Crippen LogP contribution in [0.25, 0.3) is 16.4 Å². The molecule has 22 heavy (non-hydrogen) atoms. The topological polar surface area (TPSA) is 69.6 Å². The molecule has 0 aliphatic carbocycles. The molecule has 0 saturated heterocycles. The summed E-state index contributed by atoms with van der Waals surface area (Å²) in [6, 6.07) is 8.49. The lowest BCUT2D eigenvalue weighted by molar-refractivity contribution is 0.590. The Hall–Kier alpha value is -2.05. The molecule has 6 heteroatoms. The van der Waals surface area contributed by atoms with E-state index in [1.807, 2.05) is 5.38 Å². The van der Waals surface area contributed by atoms with Crippen molar-refractivity contribution < 1.29 is 0 Å². The summed E-state index contributed by atoms with van der Waals surface area (Å²) in [7, 11) is 0. The van der Waals surface area contributed by atoms with Crippen LogP contribution in [0.15, 0.2) is 35.8 Å². The molecule has 3 aromatic rings. The van der Waals surface area contributed by atoms with Crippen LogP contribution < -0.4 is 5.73 Å². The Morgan fingerprint density at radius 3 is 2.45 bits per heavy atom. The van der Waals surface area contributed by atoms with Gasteiger partial charge < -0.3 is 5.73 Å². The number of hydrogen-bond acceptors (Lipinski definition) is 5. The molecule has 0 aliphatic heterocycles. The molecule has 0 saturated carbocycles. The van der Waals surface area contributed by atoms with Crippen LogP contribution in [-0.2, 0) is 12.0 Å². The van der Waals surface area contributed by atoms with Crippen LogP contribution in [0.4, 0.5) is 0 Å². The van der Waals surface area contributed by atoms with Crippen LogP contribution in [0.5, 0.6) is 0 Å². The van der Waals surface area contributed by atoms with Crippen molar-refractivity contribution in [2.75, 3.05) is 0 Å². The van der Waals surface area contributed by atoms with Crippen molar-refractivity contribution in [3.05, 3.63) is 47.1 Å². The van der Waals surface area contributed by atoms with E-state index in [-0.39, 0.29) is 5.41 Å². The molecular formula is C16H19N5S. The molecule has 2 N–H and O–H groups in total. The third-order valence-corrected chi connectivity index (χ3v) is 4.31. The highest BCUT2D eigenvalue weighted by molar-refractivity contribution is 7.12. The molecule has 0 unspecified atom stereocenters.